The number of fused-ring (bicyclic) bond motifs is 1. The molecule has 3 aromatic rings. The number of carbonyl (C=O) groups is 1. The smallest absolute Gasteiger partial charge is 0.252 e. The van der Waals surface area contributed by atoms with E-state index in [0.29, 0.717) is 12.2 Å². The summed E-state index contributed by atoms with van der Waals surface area (Å²) >= 11 is 2.00. The standard InChI is InChI=1S/C25H27N3O2S/c1-17-4-5-22-20(13-17)21(14-23(28-22)18-3-2-9-26-16-18)24(29)27-19-6-10-30-25(15-19)7-11-31-12-8-25/h2-5,9,13-14,16,19H,6-8,10-12,15H2,1H3,(H,27,29). The molecule has 1 spiro atoms. The van der Waals surface area contributed by atoms with E-state index in [1.165, 1.54) is 0 Å². The third-order valence-electron chi connectivity index (χ3n) is 6.40. The lowest BCUT2D eigenvalue weighted by atomic mass is 9.85. The molecule has 5 rings (SSSR count). The number of nitrogens with zero attached hydrogens (tertiary/aromatic N) is 2. The number of hydrogen-bond donors (Lipinski definition) is 1. The van der Waals surface area contributed by atoms with Gasteiger partial charge in [-0.25, -0.2) is 4.98 Å². The predicted octanol–water partition coefficient (Wildman–Crippen LogP) is 4.78. The highest BCUT2D eigenvalue weighted by Crippen LogP contribution is 2.37. The number of thioether (sulfide) groups is 1. The Balaban J connectivity index is 1.46. The van der Waals surface area contributed by atoms with Gasteiger partial charge in [0.25, 0.3) is 5.91 Å². The first-order valence-electron chi connectivity index (χ1n) is 11.0. The average molecular weight is 434 g/mol. The van der Waals surface area contributed by atoms with E-state index in [1.54, 1.807) is 12.4 Å². The van der Waals surface area contributed by atoms with Crippen LogP contribution in [0.15, 0.2) is 48.8 Å². The van der Waals surface area contributed by atoms with Crippen molar-refractivity contribution < 1.29 is 9.53 Å². The van der Waals surface area contributed by atoms with Gasteiger partial charge in [-0.2, -0.15) is 11.8 Å². The molecule has 31 heavy (non-hydrogen) atoms. The molecule has 160 valence electrons. The SMILES string of the molecule is Cc1ccc2nc(-c3cccnc3)cc(C(=O)NC3CCOC4(CCSCC4)C3)c2c1. The van der Waals surface area contributed by atoms with Gasteiger partial charge in [-0.1, -0.05) is 11.6 Å². The molecule has 2 aliphatic rings. The molecule has 1 amide bonds. The molecule has 0 radical (unpaired) electrons. The van der Waals surface area contributed by atoms with E-state index in [9.17, 15) is 4.79 Å². The fraction of sp³-hybridized carbons (Fsp3) is 0.400. The van der Waals surface area contributed by atoms with Gasteiger partial charge >= 0.3 is 0 Å². The van der Waals surface area contributed by atoms with Crippen molar-refractivity contribution in [1.82, 2.24) is 15.3 Å². The van der Waals surface area contributed by atoms with E-state index in [4.69, 9.17) is 9.72 Å². The van der Waals surface area contributed by atoms with Gasteiger partial charge in [-0.3, -0.25) is 9.78 Å². The fourth-order valence-electron chi connectivity index (χ4n) is 4.70. The van der Waals surface area contributed by atoms with Crippen molar-refractivity contribution in [3.05, 3.63) is 59.9 Å². The number of rotatable bonds is 3. The Bertz CT molecular complexity index is 1090. The van der Waals surface area contributed by atoms with E-state index in [2.05, 4.69) is 10.3 Å². The van der Waals surface area contributed by atoms with Crippen LogP contribution >= 0.6 is 11.8 Å². The molecule has 4 heterocycles. The Morgan fingerprint density at radius 3 is 2.90 bits per heavy atom. The molecule has 0 saturated carbocycles. The summed E-state index contributed by atoms with van der Waals surface area (Å²) in [5, 5.41) is 4.22. The second kappa shape index (κ2) is 8.60. The van der Waals surface area contributed by atoms with Crippen LogP contribution in [0.5, 0.6) is 0 Å². The zero-order valence-electron chi connectivity index (χ0n) is 17.8. The normalized spacial score (nSPS) is 20.6. The van der Waals surface area contributed by atoms with Gasteiger partial charge in [0.05, 0.1) is 22.4 Å². The van der Waals surface area contributed by atoms with Gasteiger partial charge in [-0.05, 0) is 74.4 Å². The summed E-state index contributed by atoms with van der Waals surface area (Å²) in [6.45, 7) is 2.76. The molecule has 1 atom stereocenters. The first-order valence-corrected chi connectivity index (χ1v) is 12.1. The Morgan fingerprint density at radius 1 is 1.23 bits per heavy atom. The van der Waals surface area contributed by atoms with Crippen molar-refractivity contribution in [2.24, 2.45) is 0 Å². The Morgan fingerprint density at radius 2 is 2.10 bits per heavy atom. The molecule has 1 unspecified atom stereocenters. The van der Waals surface area contributed by atoms with Crippen LogP contribution < -0.4 is 5.32 Å². The summed E-state index contributed by atoms with van der Waals surface area (Å²) in [7, 11) is 0. The Labute approximate surface area is 187 Å². The number of benzene rings is 1. The zero-order chi connectivity index (χ0) is 21.3. The van der Waals surface area contributed by atoms with Gasteiger partial charge < -0.3 is 10.1 Å². The molecule has 2 aromatic heterocycles. The summed E-state index contributed by atoms with van der Waals surface area (Å²) in [6.07, 6.45) is 7.44. The fourth-order valence-corrected chi connectivity index (χ4v) is 5.93. The lowest BCUT2D eigenvalue weighted by Gasteiger charge is -2.43. The number of pyridine rings is 2. The number of aromatic nitrogens is 2. The van der Waals surface area contributed by atoms with Crippen LogP contribution in [-0.2, 0) is 4.74 Å². The van der Waals surface area contributed by atoms with Crippen molar-refractivity contribution in [2.75, 3.05) is 18.1 Å². The molecule has 1 N–H and O–H groups in total. The predicted molar refractivity (Wildman–Crippen MR) is 125 cm³/mol. The quantitative estimate of drug-likeness (QED) is 0.644. The Kier molecular flexibility index (Phi) is 5.67. The summed E-state index contributed by atoms with van der Waals surface area (Å²) in [5.41, 5.74) is 4.23. The van der Waals surface area contributed by atoms with Gasteiger partial charge in [-0.15, -0.1) is 0 Å². The van der Waals surface area contributed by atoms with Gasteiger partial charge in [0.2, 0.25) is 0 Å². The Hall–Kier alpha value is -2.44. The second-order valence-electron chi connectivity index (χ2n) is 8.62. The first-order chi connectivity index (χ1) is 15.1. The van der Waals surface area contributed by atoms with E-state index < -0.39 is 0 Å². The van der Waals surface area contributed by atoms with Crippen LogP contribution in [0.4, 0.5) is 0 Å². The molecule has 5 nitrogen and oxygen atoms in total. The monoisotopic (exact) mass is 433 g/mol. The van der Waals surface area contributed by atoms with E-state index in [0.717, 1.165) is 64.9 Å². The number of nitrogens with one attached hydrogen (secondary N) is 1. The number of ether oxygens (including phenoxy) is 1. The van der Waals surface area contributed by atoms with Crippen molar-refractivity contribution in [3.8, 4) is 11.3 Å². The first kappa shape index (κ1) is 20.5. The highest BCUT2D eigenvalue weighted by Gasteiger charge is 2.39. The maximum Gasteiger partial charge on any atom is 0.252 e. The lowest BCUT2D eigenvalue weighted by molar-refractivity contribution is -0.0918. The summed E-state index contributed by atoms with van der Waals surface area (Å²) in [5.74, 6) is 2.25. The van der Waals surface area contributed by atoms with E-state index >= 15 is 0 Å². The van der Waals surface area contributed by atoms with Crippen LogP contribution in [0.1, 0.15) is 41.6 Å². The van der Waals surface area contributed by atoms with Crippen LogP contribution in [-0.4, -0.2) is 45.6 Å². The van der Waals surface area contributed by atoms with Gasteiger partial charge in [0.15, 0.2) is 0 Å². The minimum absolute atomic E-state index is 0.0321. The van der Waals surface area contributed by atoms with Crippen molar-refractivity contribution >= 4 is 28.6 Å². The topological polar surface area (TPSA) is 64.1 Å². The highest BCUT2D eigenvalue weighted by atomic mass is 32.2. The molecule has 6 heteroatoms. The van der Waals surface area contributed by atoms with E-state index in [-0.39, 0.29) is 17.6 Å². The summed E-state index contributed by atoms with van der Waals surface area (Å²) < 4.78 is 6.21. The molecular formula is C25H27N3O2S. The maximum atomic E-state index is 13.5. The molecule has 0 aliphatic carbocycles. The van der Waals surface area contributed by atoms with Crippen LogP contribution in [0, 0.1) is 6.92 Å². The van der Waals surface area contributed by atoms with Crippen LogP contribution in [0.3, 0.4) is 0 Å². The van der Waals surface area contributed by atoms with E-state index in [1.807, 2.05) is 55.1 Å². The van der Waals surface area contributed by atoms with Crippen molar-refractivity contribution in [3.63, 3.8) is 0 Å². The minimum atomic E-state index is -0.0563. The van der Waals surface area contributed by atoms with Gasteiger partial charge in [0, 0.05) is 36.0 Å². The summed E-state index contributed by atoms with van der Waals surface area (Å²) in [4.78, 5) is 22.5. The molecule has 2 fully saturated rings. The summed E-state index contributed by atoms with van der Waals surface area (Å²) in [6, 6.07) is 12.0. The molecule has 1 aromatic carbocycles. The zero-order valence-corrected chi connectivity index (χ0v) is 18.6. The number of hydrogen-bond acceptors (Lipinski definition) is 5. The molecule has 2 saturated heterocycles. The van der Waals surface area contributed by atoms with Crippen molar-refractivity contribution in [2.45, 2.75) is 44.2 Å². The van der Waals surface area contributed by atoms with Crippen molar-refractivity contribution in [1.29, 1.82) is 0 Å². The second-order valence-corrected chi connectivity index (χ2v) is 9.85. The molecular weight excluding hydrogens is 406 g/mol. The van der Waals surface area contributed by atoms with Crippen LogP contribution in [0.2, 0.25) is 0 Å². The molecule has 2 aliphatic heterocycles. The third kappa shape index (κ3) is 4.32. The highest BCUT2D eigenvalue weighted by molar-refractivity contribution is 7.99. The maximum absolute atomic E-state index is 13.5. The number of amides is 1. The number of carbonyl (C=O) groups excluding carboxylic acids is 1. The average Bonchev–Trinajstić information content (AvgIpc) is 2.79. The largest absolute Gasteiger partial charge is 0.375 e. The molecule has 0 bridgehead atoms. The van der Waals surface area contributed by atoms with Gasteiger partial charge in [0.1, 0.15) is 0 Å². The lowest BCUT2D eigenvalue weighted by Crippen LogP contribution is -2.50. The third-order valence-corrected chi connectivity index (χ3v) is 7.38. The van der Waals surface area contributed by atoms with Crippen LogP contribution in [0.25, 0.3) is 22.2 Å². The minimum Gasteiger partial charge on any atom is -0.375 e. The number of aryl methyl sites for hydroxylation is 1.